The number of carbonyl (C=O) groups is 1. The first-order chi connectivity index (χ1) is 14.6. The zero-order valence-electron chi connectivity index (χ0n) is 17.4. The number of sulfonamides is 1. The third kappa shape index (κ3) is 5.27. The van der Waals surface area contributed by atoms with Gasteiger partial charge in [-0.15, -0.1) is 11.3 Å². The Hall–Kier alpha value is -2.82. The zero-order valence-corrected chi connectivity index (χ0v) is 19.0. The number of methoxy groups -OCH3 is 1. The normalized spacial score (nSPS) is 11.5. The van der Waals surface area contributed by atoms with Gasteiger partial charge in [-0.2, -0.15) is 0 Å². The molecule has 7 nitrogen and oxygen atoms in total. The van der Waals surface area contributed by atoms with E-state index in [0.29, 0.717) is 10.8 Å². The highest BCUT2D eigenvalue weighted by Crippen LogP contribution is 2.31. The fraction of sp³-hybridized carbons (Fsp3) is 0.238. The summed E-state index contributed by atoms with van der Waals surface area (Å²) in [5, 5.41) is 3.05. The van der Waals surface area contributed by atoms with Crippen molar-refractivity contribution in [3.8, 4) is 17.0 Å². The standard InChI is InChI=1S/C21H22FN3O4S2/c1-12(2)25-31(27,28)18-11-15(7-10-17(18)29-4)20(26)24-21-23-19(13(3)30-21)14-5-8-16(22)9-6-14/h5-12,25H,1-4H3,(H,23,24,26). The minimum absolute atomic E-state index is 0.126. The summed E-state index contributed by atoms with van der Waals surface area (Å²) in [4.78, 5) is 17.9. The van der Waals surface area contributed by atoms with Crippen LogP contribution >= 0.6 is 11.3 Å². The fourth-order valence-electron chi connectivity index (χ4n) is 2.90. The van der Waals surface area contributed by atoms with Gasteiger partial charge in [0.15, 0.2) is 5.13 Å². The monoisotopic (exact) mass is 463 g/mol. The molecule has 3 rings (SSSR count). The average Bonchev–Trinajstić information content (AvgIpc) is 3.07. The van der Waals surface area contributed by atoms with Crippen molar-refractivity contribution in [3.63, 3.8) is 0 Å². The van der Waals surface area contributed by atoms with Gasteiger partial charge in [-0.3, -0.25) is 10.1 Å². The molecule has 3 aromatic rings. The second-order valence-corrected chi connectivity index (χ2v) is 9.91. The first kappa shape index (κ1) is 22.9. The van der Waals surface area contributed by atoms with E-state index in [0.717, 1.165) is 10.4 Å². The van der Waals surface area contributed by atoms with Crippen molar-refractivity contribution in [3.05, 3.63) is 58.7 Å². The molecule has 0 fully saturated rings. The maximum absolute atomic E-state index is 13.2. The Morgan fingerprint density at radius 3 is 2.45 bits per heavy atom. The molecule has 0 aliphatic rings. The number of nitrogens with one attached hydrogen (secondary N) is 2. The number of halogens is 1. The van der Waals surface area contributed by atoms with Crippen molar-refractivity contribution in [2.45, 2.75) is 31.7 Å². The van der Waals surface area contributed by atoms with Gasteiger partial charge in [0.05, 0.1) is 12.8 Å². The molecule has 0 radical (unpaired) electrons. The third-order valence-electron chi connectivity index (χ3n) is 4.24. The van der Waals surface area contributed by atoms with Crippen molar-refractivity contribution < 1.29 is 22.3 Å². The van der Waals surface area contributed by atoms with E-state index in [9.17, 15) is 17.6 Å². The molecule has 0 aliphatic heterocycles. The highest BCUT2D eigenvalue weighted by atomic mass is 32.2. The molecule has 0 aliphatic carbocycles. The van der Waals surface area contributed by atoms with E-state index < -0.39 is 15.9 Å². The largest absolute Gasteiger partial charge is 0.495 e. The summed E-state index contributed by atoms with van der Waals surface area (Å²) in [7, 11) is -2.51. The van der Waals surface area contributed by atoms with Crippen LogP contribution in [0.1, 0.15) is 29.1 Å². The molecule has 0 spiro atoms. The van der Waals surface area contributed by atoms with Crippen LogP contribution in [0.2, 0.25) is 0 Å². The summed E-state index contributed by atoms with van der Waals surface area (Å²) in [6.45, 7) is 5.25. The molecule has 0 saturated carbocycles. The number of nitrogens with zero attached hydrogens (tertiary/aromatic N) is 1. The van der Waals surface area contributed by atoms with E-state index >= 15 is 0 Å². The lowest BCUT2D eigenvalue weighted by Gasteiger charge is -2.14. The number of rotatable bonds is 7. The summed E-state index contributed by atoms with van der Waals surface area (Å²) in [5.74, 6) is -0.723. The zero-order chi connectivity index (χ0) is 22.8. The van der Waals surface area contributed by atoms with Crippen LogP contribution < -0.4 is 14.8 Å². The molecular weight excluding hydrogens is 441 g/mol. The van der Waals surface area contributed by atoms with Gasteiger partial charge < -0.3 is 4.74 Å². The van der Waals surface area contributed by atoms with Crippen LogP contribution in [0, 0.1) is 12.7 Å². The summed E-state index contributed by atoms with van der Waals surface area (Å²) >= 11 is 1.27. The van der Waals surface area contributed by atoms with Crippen LogP contribution in [0.25, 0.3) is 11.3 Å². The number of amides is 1. The number of thiazole rings is 1. The van der Waals surface area contributed by atoms with Gasteiger partial charge in [0, 0.05) is 22.0 Å². The molecular formula is C21H22FN3O4S2. The summed E-state index contributed by atoms with van der Waals surface area (Å²) in [6, 6.07) is 9.77. The smallest absolute Gasteiger partial charge is 0.257 e. The van der Waals surface area contributed by atoms with Crippen molar-refractivity contribution >= 4 is 32.4 Å². The van der Waals surface area contributed by atoms with Crippen LogP contribution in [-0.2, 0) is 10.0 Å². The lowest BCUT2D eigenvalue weighted by molar-refractivity contribution is 0.102. The summed E-state index contributed by atoms with van der Waals surface area (Å²) in [5.41, 5.74) is 1.51. The number of aromatic nitrogens is 1. The lowest BCUT2D eigenvalue weighted by Crippen LogP contribution is -2.30. The van der Waals surface area contributed by atoms with Crippen molar-refractivity contribution in [1.82, 2.24) is 9.71 Å². The van der Waals surface area contributed by atoms with Crippen molar-refractivity contribution in [2.24, 2.45) is 0 Å². The van der Waals surface area contributed by atoms with E-state index in [1.54, 1.807) is 26.0 Å². The average molecular weight is 464 g/mol. The van der Waals surface area contributed by atoms with E-state index in [1.165, 1.54) is 48.8 Å². The second kappa shape index (κ2) is 9.13. The van der Waals surface area contributed by atoms with Crippen LogP contribution in [0.3, 0.4) is 0 Å². The molecule has 31 heavy (non-hydrogen) atoms. The molecule has 2 N–H and O–H groups in total. The van der Waals surface area contributed by atoms with E-state index in [1.807, 2.05) is 6.92 Å². The molecule has 0 bridgehead atoms. The highest BCUT2D eigenvalue weighted by Gasteiger charge is 2.23. The third-order valence-corrected chi connectivity index (χ3v) is 6.81. The van der Waals surface area contributed by atoms with Crippen LogP contribution in [-0.4, -0.2) is 32.5 Å². The molecule has 0 unspecified atom stereocenters. The van der Waals surface area contributed by atoms with Gasteiger partial charge in [-0.1, -0.05) is 0 Å². The van der Waals surface area contributed by atoms with E-state index in [4.69, 9.17) is 4.74 Å². The fourth-order valence-corrected chi connectivity index (χ4v) is 5.17. The van der Waals surface area contributed by atoms with Gasteiger partial charge in [-0.05, 0) is 63.2 Å². The molecule has 0 saturated heterocycles. The van der Waals surface area contributed by atoms with Gasteiger partial charge in [0.25, 0.3) is 5.91 Å². The number of benzene rings is 2. The Bertz CT molecular complexity index is 1210. The Kier molecular flexibility index (Phi) is 6.73. The Labute approximate surface area is 184 Å². The first-order valence-corrected chi connectivity index (χ1v) is 11.7. The predicted octanol–water partition coefficient (Wildman–Crippen LogP) is 4.21. The van der Waals surface area contributed by atoms with Crippen LogP contribution in [0.15, 0.2) is 47.4 Å². The summed E-state index contributed by atoms with van der Waals surface area (Å²) in [6.07, 6.45) is 0. The lowest BCUT2D eigenvalue weighted by atomic mass is 10.1. The molecule has 1 heterocycles. The van der Waals surface area contributed by atoms with Gasteiger partial charge in [0.1, 0.15) is 16.5 Å². The molecule has 10 heteroatoms. The highest BCUT2D eigenvalue weighted by molar-refractivity contribution is 7.89. The Morgan fingerprint density at radius 1 is 1.16 bits per heavy atom. The molecule has 1 aromatic heterocycles. The number of anilines is 1. The topological polar surface area (TPSA) is 97.4 Å². The van der Waals surface area contributed by atoms with Crippen LogP contribution in [0.5, 0.6) is 5.75 Å². The quantitative estimate of drug-likeness (QED) is 0.547. The van der Waals surface area contributed by atoms with E-state index in [-0.39, 0.29) is 28.1 Å². The van der Waals surface area contributed by atoms with Gasteiger partial charge in [-0.25, -0.2) is 22.5 Å². The van der Waals surface area contributed by atoms with Crippen molar-refractivity contribution in [1.29, 1.82) is 0 Å². The number of aryl methyl sites for hydroxylation is 1. The molecule has 0 atom stereocenters. The number of hydrogen-bond acceptors (Lipinski definition) is 6. The minimum atomic E-state index is -3.87. The van der Waals surface area contributed by atoms with Crippen LogP contribution in [0.4, 0.5) is 9.52 Å². The number of carbonyl (C=O) groups excluding carboxylic acids is 1. The minimum Gasteiger partial charge on any atom is -0.495 e. The predicted molar refractivity (Wildman–Crippen MR) is 119 cm³/mol. The Balaban J connectivity index is 1.88. The maximum Gasteiger partial charge on any atom is 0.257 e. The SMILES string of the molecule is COc1ccc(C(=O)Nc2nc(-c3ccc(F)cc3)c(C)s2)cc1S(=O)(=O)NC(C)C. The van der Waals surface area contributed by atoms with Gasteiger partial charge >= 0.3 is 0 Å². The Morgan fingerprint density at radius 2 is 1.84 bits per heavy atom. The van der Waals surface area contributed by atoms with E-state index in [2.05, 4.69) is 15.0 Å². The molecule has 164 valence electrons. The first-order valence-electron chi connectivity index (χ1n) is 9.36. The molecule has 1 amide bonds. The number of ether oxygens (including phenoxy) is 1. The van der Waals surface area contributed by atoms with Gasteiger partial charge in [0.2, 0.25) is 10.0 Å². The maximum atomic E-state index is 13.2. The second-order valence-electron chi connectivity index (χ2n) is 7.03. The number of hydrogen-bond donors (Lipinski definition) is 2. The molecule has 2 aromatic carbocycles. The summed E-state index contributed by atoms with van der Waals surface area (Å²) < 4.78 is 46.1. The van der Waals surface area contributed by atoms with Crippen molar-refractivity contribution in [2.75, 3.05) is 12.4 Å².